The van der Waals surface area contributed by atoms with Crippen LogP contribution < -0.4 is 4.90 Å². The first-order valence-electron chi connectivity index (χ1n) is 5.94. The van der Waals surface area contributed by atoms with E-state index in [4.69, 9.17) is 0 Å². The summed E-state index contributed by atoms with van der Waals surface area (Å²) in [7, 11) is 1.69. The Balaban J connectivity index is 2.48. The molecule has 19 heavy (non-hydrogen) atoms. The fourth-order valence-corrected chi connectivity index (χ4v) is 2.90. The van der Waals surface area contributed by atoms with Gasteiger partial charge in [-0.15, -0.1) is 11.3 Å². The van der Waals surface area contributed by atoms with Crippen molar-refractivity contribution in [2.24, 2.45) is 0 Å². The summed E-state index contributed by atoms with van der Waals surface area (Å²) in [5.41, 5.74) is 2.16. The van der Waals surface area contributed by atoms with Crippen LogP contribution in [0.4, 0.5) is 5.00 Å². The molecule has 0 atom stereocenters. The van der Waals surface area contributed by atoms with Crippen molar-refractivity contribution in [1.29, 1.82) is 0 Å². The minimum absolute atomic E-state index is 0.0394. The van der Waals surface area contributed by atoms with Crippen LogP contribution in [0, 0.1) is 6.92 Å². The van der Waals surface area contributed by atoms with Crippen molar-refractivity contribution in [3.8, 4) is 0 Å². The molecule has 0 unspecified atom stereocenters. The van der Waals surface area contributed by atoms with Gasteiger partial charge in [0.1, 0.15) is 5.00 Å². The summed E-state index contributed by atoms with van der Waals surface area (Å²) < 4.78 is 0. The molecule has 0 aliphatic rings. The van der Waals surface area contributed by atoms with Crippen molar-refractivity contribution in [3.05, 3.63) is 52.4 Å². The number of carbonyl (C=O) groups is 2. The molecular weight excluding hydrogens is 258 g/mol. The molecule has 0 fully saturated rings. The van der Waals surface area contributed by atoms with Gasteiger partial charge in [-0.25, -0.2) is 0 Å². The Kier molecular flexibility index (Phi) is 3.81. The van der Waals surface area contributed by atoms with E-state index in [1.807, 2.05) is 30.5 Å². The largest absolute Gasteiger partial charge is 0.307 e. The minimum atomic E-state index is -0.0797. The molecule has 0 saturated carbocycles. The summed E-state index contributed by atoms with van der Waals surface area (Å²) in [6, 6.07) is 9.13. The maximum absolute atomic E-state index is 12.5. The monoisotopic (exact) mass is 273 g/mol. The van der Waals surface area contributed by atoms with Crippen LogP contribution in [0.2, 0.25) is 0 Å². The molecule has 98 valence electrons. The lowest BCUT2D eigenvalue weighted by atomic mass is 10.0. The zero-order valence-electron chi connectivity index (χ0n) is 11.1. The lowest BCUT2D eigenvalue weighted by Crippen LogP contribution is -2.24. The number of nitrogens with zero attached hydrogens (tertiary/aromatic N) is 1. The average molecular weight is 273 g/mol. The third kappa shape index (κ3) is 2.58. The summed E-state index contributed by atoms with van der Waals surface area (Å²) in [5.74, 6) is -0.119. The Bertz CT molecular complexity index is 616. The second kappa shape index (κ2) is 5.36. The van der Waals surface area contributed by atoms with E-state index in [2.05, 4.69) is 0 Å². The Labute approximate surface area is 116 Å². The highest BCUT2D eigenvalue weighted by atomic mass is 32.1. The highest BCUT2D eigenvalue weighted by molar-refractivity contribution is 7.15. The van der Waals surface area contributed by atoms with Crippen molar-refractivity contribution in [1.82, 2.24) is 0 Å². The van der Waals surface area contributed by atoms with Crippen molar-refractivity contribution in [2.75, 3.05) is 11.9 Å². The van der Waals surface area contributed by atoms with Gasteiger partial charge in [-0.1, -0.05) is 30.3 Å². The Morgan fingerprint density at radius 2 is 1.79 bits per heavy atom. The zero-order chi connectivity index (χ0) is 14.0. The summed E-state index contributed by atoms with van der Waals surface area (Å²) in [6.07, 6.45) is 0. The second-order valence-corrected chi connectivity index (χ2v) is 5.23. The van der Waals surface area contributed by atoms with Gasteiger partial charge in [0.25, 0.3) is 0 Å². The molecule has 3 nitrogen and oxygen atoms in total. The van der Waals surface area contributed by atoms with Crippen LogP contribution in [-0.4, -0.2) is 18.7 Å². The van der Waals surface area contributed by atoms with Gasteiger partial charge in [0.05, 0.1) is 5.56 Å². The molecule has 0 bridgehead atoms. The smallest absolute Gasteiger partial charge is 0.224 e. The molecule has 1 aromatic heterocycles. The van der Waals surface area contributed by atoms with E-state index in [1.54, 1.807) is 19.2 Å². The number of carbonyl (C=O) groups excluding carboxylic acids is 2. The first-order chi connectivity index (χ1) is 9.02. The number of hydrogen-bond acceptors (Lipinski definition) is 3. The molecule has 0 aliphatic heterocycles. The topological polar surface area (TPSA) is 37.4 Å². The van der Waals surface area contributed by atoms with Crippen LogP contribution in [0.5, 0.6) is 0 Å². The molecule has 4 heteroatoms. The van der Waals surface area contributed by atoms with Crippen LogP contribution in [0.15, 0.2) is 35.7 Å². The van der Waals surface area contributed by atoms with Gasteiger partial charge in [-0.2, -0.15) is 0 Å². The second-order valence-electron chi connectivity index (χ2n) is 4.37. The van der Waals surface area contributed by atoms with E-state index in [0.29, 0.717) is 16.1 Å². The molecule has 0 saturated heterocycles. The maximum Gasteiger partial charge on any atom is 0.224 e. The molecule has 0 N–H and O–H groups in total. The maximum atomic E-state index is 12.5. The van der Waals surface area contributed by atoms with Crippen LogP contribution in [0.3, 0.4) is 0 Å². The number of anilines is 1. The van der Waals surface area contributed by atoms with Crippen molar-refractivity contribution in [2.45, 2.75) is 13.8 Å². The van der Waals surface area contributed by atoms with Crippen molar-refractivity contribution >= 4 is 28.0 Å². The number of amides is 1. The van der Waals surface area contributed by atoms with Crippen LogP contribution >= 0.6 is 11.3 Å². The van der Waals surface area contributed by atoms with Gasteiger partial charge < -0.3 is 4.90 Å². The molecule has 0 aliphatic carbocycles. The van der Waals surface area contributed by atoms with E-state index < -0.39 is 0 Å². The third-order valence-corrected chi connectivity index (χ3v) is 4.17. The van der Waals surface area contributed by atoms with E-state index in [-0.39, 0.29) is 11.7 Å². The van der Waals surface area contributed by atoms with E-state index in [1.165, 1.54) is 23.2 Å². The quantitative estimate of drug-likeness (QED) is 0.805. The molecule has 2 rings (SSSR count). The average Bonchev–Trinajstić information content (AvgIpc) is 2.79. The van der Waals surface area contributed by atoms with E-state index in [9.17, 15) is 9.59 Å². The van der Waals surface area contributed by atoms with Crippen LogP contribution in [-0.2, 0) is 4.79 Å². The molecule has 0 radical (unpaired) electrons. The summed E-state index contributed by atoms with van der Waals surface area (Å²) in [5, 5.41) is 2.61. The Morgan fingerprint density at radius 3 is 2.37 bits per heavy atom. The standard InChI is InChI=1S/C15H15NO2S/c1-10-9-19-15(16(3)11(2)17)13(10)14(18)12-7-5-4-6-8-12/h4-9H,1-3H3. The Hall–Kier alpha value is -1.94. The van der Waals surface area contributed by atoms with Crippen LogP contribution in [0.25, 0.3) is 0 Å². The fraction of sp³-hybridized carbons (Fsp3) is 0.200. The van der Waals surface area contributed by atoms with Gasteiger partial charge in [0.2, 0.25) is 5.91 Å². The highest BCUT2D eigenvalue weighted by Crippen LogP contribution is 2.32. The van der Waals surface area contributed by atoms with Gasteiger partial charge in [-0.3, -0.25) is 9.59 Å². The predicted molar refractivity (Wildman–Crippen MR) is 78.0 cm³/mol. The number of rotatable bonds is 3. The molecule has 0 spiro atoms. The van der Waals surface area contributed by atoms with Gasteiger partial charge in [0, 0.05) is 19.5 Å². The number of aryl methyl sites for hydroxylation is 1. The van der Waals surface area contributed by atoms with Crippen molar-refractivity contribution < 1.29 is 9.59 Å². The number of ketones is 1. The Morgan fingerprint density at radius 1 is 1.16 bits per heavy atom. The zero-order valence-corrected chi connectivity index (χ0v) is 12.0. The summed E-state index contributed by atoms with van der Waals surface area (Å²) >= 11 is 1.42. The minimum Gasteiger partial charge on any atom is -0.307 e. The highest BCUT2D eigenvalue weighted by Gasteiger charge is 2.22. The lowest BCUT2D eigenvalue weighted by molar-refractivity contribution is -0.116. The van der Waals surface area contributed by atoms with Gasteiger partial charge >= 0.3 is 0 Å². The number of hydrogen-bond donors (Lipinski definition) is 0. The molecule has 2 aromatic rings. The van der Waals surface area contributed by atoms with E-state index in [0.717, 1.165) is 5.56 Å². The number of benzene rings is 1. The van der Waals surface area contributed by atoms with Gasteiger partial charge in [0.15, 0.2) is 5.78 Å². The molecule has 1 aromatic carbocycles. The van der Waals surface area contributed by atoms with Gasteiger partial charge in [-0.05, 0) is 17.9 Å². The predicted octanol–water partition coefficient (Wildman–Crippen LogP) is 3.27. The fourth-order valence-electron chi connectivity index (χ4n) is 1.83. The molecule has 1 heterocycles. The number of thiophene rings is 1. The van der Waals surface area contributed by atoms with Crippen molar-refractivity contribution in [3.63, 3.8) is 0 Å². The first kappa shape index (κ1) is 13.5. The van der Waals surface area contributed by atoms with E-state index >= 15 is 0 Å². The molecule has 1 amide bonds. The summed E-state index contributed by atoms with van der Waals surface area (Å²) in [4.78, 5) is 25.6. The SMILES string of the molecule is CC(=O)N(C)c1scc(C)c1C(=O)c1ccccc1. The summed E-state index contributed by atoms with van der Waals surface area (Å²) in [6.45, 7) is 3.38. The molecular formula is C15H15NO2S. The van der Waals surface area contributed by atoms with Crippen LogP contribution in [0.1, 0.15) is 28.4 Å². The lowest BCUT2D eigenvalue weighted by Gasteiger charge is -2.15. The third-order valence-electron chi connectivity index (χ3n) is 3.00. The first-order valence-corrected chi connectivity index (χ1v) is 6.82. The normalized spacial score (nSPS) is 10.3.